The number of hydrogen-bond acceptors (Lipinski definition) is 5. The second kappa shape index (κ2) is 5.43. The number of hydrogen-bond donors (Lipinski definition) is 1. The fourth-order valence-corrected chi connectivity index (χ4v) is 1.78. The largest absolute Gasteiger partial charge is 0.463 e. The van der Waals surface area contributed by atoms with Crippen molar-refractivity contribution in [2.45, 2.75) is 12.8 Å². The molecule has 3 aromatic heterocycles. The molecule has 0 aliphatic rings. The molecule has 0 fully saturated rings. The van der Waals surface area contributed by atoms with Crippen LogP contribution >= 0.6 is 0 Å². The van der Waals surface area contributed by atoms with E-state index in [0.717, 1.165) is 18.4 Å². The third-order valence-electron chi connectivity index (χ3n) is 2.74. The molecule has 0 aliphatic carbocycles. The van der Waals surface area contributed by atoms with Crippen LogP contribution in [0.1, 0.15) is 12.0 Å². The van der Waals surface area contributed by atoms with Gasteiger partial charge in [0.2, 0.25) is 0 Å². The molecule has 3 heterocycles. The third kappa shape index (κ3) is 2.85. The highest BCUT2D eigenvalue weighted by atomic mass is 16.5. The topological polar surface area (TPSA) is 76.6 Å². The number of aromatic nitrogens is 5. The van der Waals surface area contributed by atoms with Gasteiger partial charge in [-0.05, 0) is 30.5 Å². The molecule has 0 unspecified atom stereocenters. The highest BCUT2D eigenvalue weighted by Crippen LogP contribution is 2.09. The summed E-state index contributed by atoms with van der Waals surface area (Å²) in [5, 5.41) is 0. The predicted octanol–water partition coefficient (Wildman–Crippen LogP) is 1.76. The number of H-pyrrole nitrogens is 1. The number of aryl methyl sites for hydroxylation is 1. The van der Waals surface area contributed by atoms with Crippen molar-refractivity contribution in [1.29, 1.82) is 0 Å². The Bertz CT molecular complexity index is 652. The zero-order chi connectivity index (χ0) is 12.9. The lowest BCUT2D eigenvalue weighted by molar-refractivity contribution is 0.288. The molecular formula is C13H13N5O. The lowest BCUT2D eigenvalue weighted by Gasteiger charge is -2.03. The van der Waals surface area contributed by atoms with E-state index in [4.69, 9.17) is 4.74 Å². The number of imidazole rings is 1. The molecule has 0 spiro atoms. The number of fused-ring (bicyclic) bond motifs is 1. The van der Waals surface area contributed by atoms with Crippen molar-refractivity contribution in [3.05, 3.63) is 42.6 Å². The van der Waals surface area contributed by atoms with E-state index in [1.807, 2.05) is 12.1 Å². The Morgan fingerprint density at radius 1 is 1.16 bits per heavy atom. The van der Waals surface area contributed by atoms with E-state index < -0.39 is 0 Å². The fourth-order valence-electron chi connectivity index (χ4n) is 1.78. The Hall–Kier alpha value is -2.50. The summed E-state index contributed by atoms with van der Waals surface area (Å²) in [6.45, 7) is 0.582. The summed E-state index contributed by atoms with van der Waals surface area (Å²) < 4.78 is 5.51. The molecule has 0 aromatic carbocycles. The predicted molar refractivity (Wildman–Crippen MR) is 69.7 cm³/mol. The van der Waals surface area contributed by atoms with Gasteiger partial charge in [-0.25, -0.2) is 9.97 Å². The van der Waals surface area contributed by atoms with Crippen molar-refractivity contribution in [3.63, 3.8) is 0 Å². The van der Waals surface area contributed by atoms with Crippen LogP contribution < -0.4 is 4.74 Å². The number of ether oxygens (including phenoxy) is 1. The third-order valence-corrected chi connectivity index (χ3v) is 2.74. The molecule has 0 aliphatic heterocycles. The summed E-state index contributed by atoms with van der Waals surface area (Å²) in [5.41, 5.74) is 2.69. The molecular weight excluding hydrogens is 242 g/mol. The van der Waals surface area contributed by atoms with Crippen LogP contribution in [0, 0.1) is 0 Å². The van der Waals surface area contributed by atoms with Gasteiger partial charge >= 0.3 is 6.01 Å². The first kappa shape index (κ1) is 11.6. The fraction of sp³-hybridized carbons (Fsp3) is 0.231. The SMILES string of the molecule is c1cc(CCCOc2ncc3[nH]cnc3n2)ccn1. The van der Waals surface area contributed by atoms with E-state index in [1.165, 1.54) is 5.56 Å². The lowest BCUT2D eigenvalue weighted by Crippen LogP contribution is -2.02. The van der Waals surface area contributed by atoms with Gasteiger partial charge in [-0.1, -0.05) is 0 Å². The van der Waals surface area contributed by atoms with Crippen LogP contribution in [0.4, 0.5) is 0 Å². The van der Waals surface area contributed by atoms with Gasteiger partial charge in [0.1, 0.15) is 5.52 Å². The lowest BCUT2D eigenvalue weighted by atomic mass is 10.1. The Labute approximate surface area is 109 Å². The Morgan fingerprint density at radius 2 is 2.05 bits per heavy atom. The summed E-state index contributed by atoms with van der Waals surface area (Å²) in [5.74, 6) is 0. The molecule has 19 heavy (non-hydrogen) atoms. The van der Waals surface area contributed by atoms with E-state index >= 15 is 0 Å². The molecule has 0 saturated heterocycles. The first-order valence-electron chi connectivity index (χ1n) is 6.09. The van der Waals surface area contributed by atoms with Crippen molar-refractivity contribution in [2.75, 3.05) is 6.61 Å². The van der Waals surface area contributed by atoms with E-state index in [9.17, 15) is 0 Å². The number of nitrogens with zero attached hydrogens (tertiary/aromatic N) is 4. The van der Waals surface area contributed by atoms with E-state index in [1.54, 1.807) is 24.9 Å². The molecule has 3 rings (SSSR count). The van der Waals surface area contributed by atoms with Crippen molar-refractivity contribution in [1.82, 2.24) is 24.9 Å². The first-order chi connectivity index (χ1) is 9.42. The van der Waals surface area contributed by atoms with Crippen molar-refractivity contribution in [2.24, 2.45) is 0 Å². The van der Waals surface area contributed by atoms with Crippen LogP contribution in [0.15, 0.2) is 37.1 Å². The number of aromatic amines is 1. The molecule has 0 radical (unpaired) electrons. The van der Waals surface area contributed by atoms with Gasteiger partial charge in [0.25, 0.3) is 0 Å². The Kier molecular flexibility index (Phi) is 3.31. The zero-order valence-electron chi connectivity index (χ0n) is 10.3. The number of pyridine rings is 1. The minimum absolute atomic E-state index is 0.370. The van der Waals surface area contributed by atoms with Gasteiger partial charge in [-0.2, -0.15) is 4.98 Å². The van der Waals surface area contributed by atoms with E-state index in [0.29, 0.717) is 18.3 Å². The standard InChI is InChI=1S/C13H13N5O/c1(2-10-3-5-14-6-4-10)7-19-13-15-8-11-12(18-13)17-9-16-11/h3-6,8-9H,1-2,7H2,(H,15,16,17,18). The highest BCUT2D eigenvalue weighted by molar-refractivity contribution is 5.68. The second-order valence-corrected chi connectivity index (χ2v) is 4.10. The average Bonchev–Trinajstić information content (AvgIpc) is 2.92. The molecule has 96 valence electrons. The van der Waals surface area contributed by atoms with Gasteiger partial charge in [-0.15, -0.1) is 0 Å². The quantitative estimate of drug-likeness (QED) is 0.703. The van der Waals surface area contributed by atoms with Gasteiger partial charge in [-0.3, -0.25) is 4.98 Å². The molecule has 1 N–H and O–H groups in total. The van der Waals surface area contributed by atoms with Crippen LogP contribution in [0.25, 0.3) is 11.2 Å². The Morgan fingerprint density at radius 3 is 2.95 bits per heavy atom. The molecule has 0 saturated carbocycles. The molecule has 0 bridgehead atoms. The van der Waals surface area contributed by atoms with Gasteiger partial charge < -0.3 is 9.72 Å². The summed E-state index contributed by atoms with van der Waals surface area (Å²) >= 11 is 0. The highest BCUT2D eigenvalue weighted by Gasteiger charge is 2.02. The maximum absolute atomic E-state index is 5.51. The molecule has 0 atom stereocenters. The van der Waals surface area contributed by atoms with Crippen LogP contribution in [0.3, 0.4) is 0 Å². The normalized spacial score (nSPS) is 10.7. The van der Waals surface area contributed by atoms with Crippen LogP contribution in [-0.2, 0) is 6.42 Å². The van der Waals surface area contributed by atoms with Crippen LogP contribution in [0.2, 0.25) is 0 Å². The summed E-state index contributed by atoms with van der Waals surface area (Å²) in [4.78, 5) is 19.3. The second-order valence-electron chi connectivity index (χ2n) is 4.10. The van der Waals surface area contributed by atoms with Gasteiger partial charge in [0, 0.05) is 12.4 Å². The van der Waals surface area contributed by atoms with Crippen molar-refractivity contribution < 1.29 is 4.74 Å². The van der Waals surface area contributed by atoms with Gasteiger partial charge in [0.05, 0.1) is 19.1 Å². The number of rotatable bonds is 5. The summed E-state index contributed by atoms with van der Waals surface area (Å²) in [6, 6.07) is 4.38. The minimum atomic E-state index is 0.370. The summed E-state index contributed by atoms with van der Waals surface area (Å²) in [6.07, 6.45) is 8.72. The smallest absolute Gasteiger partial charge is 0.318 e. The van der Waals surface area contributed by atoms with E-state index in [-0.39, 0.29) is 0 Å². The zero-order valence-corrected chi connectivity index (χ0v) is 10.3. The maximum Gasteiger partial charge on any atom is 0.318 e. The molecule has 6 heteroatoms. The van der Waals surface area contributed by atoms with Gasteiger partial charge in [0.15, 0.2) is 5.65 Å². The van der Waals surface area contributed by atoms with Crippen molar-refractivity contribution in [3.8, 4) is 6.01 Å². The first-order valence-corrected chi connectivity index (χ1v) is 6.09. The van der Waals surface area contributed by atoms with Crippen LogP contribution in [-0.4, -0.2) is 31.5 Å². The van der Waals surface area contributed by atoms with Crippen LogP contribution in [0.5, 0.6) is 6.01 Å². The minimum Gasteiger partial charge on any atom is -0.463 e. The average molecular weight is 255 g/mol. The maximum atomic E-state index is 5.51. The number of nitrogens with one attached hydrogen (secondary N) is 1. The molecule has 3 aromatic rings. The molecule has 6 nitrogen and oxygen atoms in total. The summed E-state index contributed by atoms with van der Waals surface area (Å²) in [7, 11) is 0. The van der Waals surface area contributed by atoms with E-state index in [2.05, 4.69) is 24.9 Å². The molecule has 0 amide bonds. The van der Waals surface area contributed by atoms with Crippen molar-refractivity contribution >= 4 is 11.2 Å². The monoisotopic (exact) mass is 255 g/mol. The Balaban J connectivity index is 1.52.